The minimum Gasteiger partial charge on any atom is -0.299 e. The molecule has 0 aliphatic heterocycles. The van der Waals surface area contributed by atoms with Gasteiger partial charge in [-0.2, -0.15) is 0 Å². The maximum atomic E-state index is 11.2. The second-order valence-electron chi connectivity index (χ2n) is 3.08. The fourth-order valence-electron chi connectivity index (χ4n) is 1.49. The molecule has 0 unspecified atom stereocenters. The highest BCUT2D eigenvalue weighted by Crippen LogP contribution is 2.36. The third-order valence-electron chi connectivity index (χ3n) is 2.35. The van der Waals surface area contributed by atoms with Gasteiger partial charge < -0.3 is 0 Å². The number of Topliss-reactive ketones (excluding diaryl/α,β-unsaturated/α-hetero) is 1. The number of benzene rings is 1. The number of ketones is 1. The third kappa shape index (κ3) is 1.20. The Morgan fingerprint density at radius 1 is 1.33 bits per heavy atom. The quantitative estimate of drug-likeness (QED) is 0.718. The lowest BCUT2D eigenvalue weighted by molar-refractivity contribution is -0.125. The second-order valence-corrected chi connectivity index (χ2v) is 3.93. The van der Waals surface area contributed by atoms with E-state index in [1.54, 1.807) is 0 Å². The fraction of sp³-hybridized carbons (Fsp3) is 0.300. The van der Waals surface area contributed by atoms with Crippen LogP contribution in [0.1, 0.15) is 24.3 Å². The van der Waals surface area contributed by atoms with Crippen LogP contribution in [-0.2, 0) is 4.79 Å². The molecule has 1 aromatic carbocycles. The number of carbonyl (C=O) groups excluding carboxylic acids is 1. The Morgan fingerprint density at radius 3 is 2.58 bits per heavy atom. The minimum atomic E-state index is 0.167. The van der Waals surface area contributed by atoms with Crippen molar-refractivity contribution in [3.05, 3.63) is 34.3 Å². The summed E-state index contributed by atoms with van der Waals surface area (Å²) in [4.78, 5) is 11.2. The number of rotatable bonds is 1. The zero-order chi connectivity index (χ0) is 8.55. The molecule has 0 radical (unpaired) electrons. The molecule has 0 heterocycles. The average Bonchev–Trinajstić information content (AvgIpc) is 2.06. The van der Waals surface area contributed by atoms with Crippen LogP contribution >= 0.6 is 15.9 Å². The molecule has 2 rings (SSSR count). The third-order valence-corrected chi connectivity index (χ3v) is 3.07. The van der Waals surface area contributed by atoms with E-state index in [1.807, 2.05) is 24.3 Å². The van der Waals surface area contributed by atoms with Crippen LogP contribution in [0.4, 0.5) is 0 Å². The van der Waals surface area contributed by atoms with Crippen molar-refractivity contribution in [3.63, 3.8) is 0 Å². The monoisotopic (exact) mass is 224 g/mol. The zero-order valence-electron chi connectivity index (χ0n) is 6.59. The molecule has 1 atom stereocenters. The predicted molar refractivity (Wildman–Crippen MR) is 51.1 cm³/mol. The van der Waals surface area contributed by atoms with Gasteiger partial charge in [-0.25, -0.2) is 0 Å². The second kappa shape index (κ2) is 3.02. The van der Waals surface area contributed by atoms with Crippen molar-refractivity contribution in [3.8, 4) is 0 Å². The van der Waals surface area contributed by atoms with Crippen molar-refractivity contribution in [2.24, 2.45) is 0 Å². The Balaban J connectivity index is 2.33. The lowest BCUT2D eigenvalue weighted by Gasteiger charge is -2.24. The van der Waals surface area contributed by atoms with Gasteiger partial charge in [-0.3, -0.25) is 4.79 Å². The van der Waals surface area contributed by atoms with Crippen LogP contribution in [0.2, 0.25) is 0 Å². The average molecular weight is 225 g/mol. The summed E-state index contributed by atoms with van der Waals surface area (Å²) >= 11 is 3.45. The van der Waals surface area contributed by atoms with Crippen molar-refractivity contribution in [1.82, 2.24) is 0 Å². The van der Waals surface area contributed by atoms with Gasteiger partial charge in [0.25, 0.3) is 0 Å². The molecule has 0 N–H and O–H groups in total. The first-order valence-corrected chi connectivity index (χ1v) is 4.85. The van der Waals surface area contributed by atoms with Gasteiger partial charge in [0.1, 0.15) is 5.78 Å². The van der Waals surface area contributed by atoms with E-state index in [0.29, 0.717) is 5.78 Å². The van der Waals surface area contributed by atoms with Crippen molar-refractivity contribution in [1.29, 1.82) is 0 Å². The number of halogens is 1. The summed E-state index contributed by atoms with van der Waals surface area (Å²) in [5.74, 6) is 0.544. The van der Waals surface area contributed by atoms with Gasteiger partial charge in [-0.15, -0.1) is 0 Å². The standard InChI is InChI=1S/C10H9BrO/c11-9-4-2-1-3-7(9)8-5-6-10(8)12/h1-4,8H,5-6H2/t8-/m0/s1. The molecule has 1 aromatic rings. The normalized spacial score (nSPS) is 22.1. The summed E-state index contributed by atoms with van der Waals surface area (Å²) in [6.45, 7) is 0. The van der Waals surface area contributed by atoms with Crippen LogP contribution in [0.3, 0.4) is 0 Å². The zero-order valence-corrected chi connectivity index (χ0v) is 8.17. The van der Waals surface area contributed by atoms with E-state index >= 15 is 0 Å². The summed E-state index contributed by atoms with van der Waals surface area (Å²) in [7, 11) is 0. The highest BCUT2D eigenvalue weighted by atomic mass is 79.9. The van der Waals surface area contributed by atoms with Gasteiger partial charge in [0.15, 0.2) is 0 Å². The summed E-state index contributed by atoms with van der Waals surface area (Å²) < 4.78 is 1.06. The summed E-state index contributed by atoms with van der Waals surface area (Å²) in [6, 6.07) is 7.95. The molecular weight excluding hydrogens is 216 g/mol. The van der Waals surface area contributed by atoms with E-state index in [9.17, 15) is 4.79 Å². The van der Waals surface area contributed by atoms with Crippen LogP contribution < -0.4 is 0 Å². The molecule has 2 heteroatoms. The predicted octanol–water partition coefficient (Wildman–Crippen LogP) is 2.90. The molecule has 0 aromatic heterocycles. The van der Waals surface area contributed by atoms with Crippen LogP contribution in [-0.4, -0.2) is 5.78 Å². The number of hydrogen-bond donors (Lipinski definition) is 0. The van der Waals surface area contributed by atoms with Crippen LogP contribution in [0.25, 0.3) is 0 Å². The SMILES string of the molecule is O=C1CC[C@H]1c1ccccc1Br. The molecule has 1 aliphatic carbocycles. The highest BCUT2D eigenvalue weighted by molar-refractivity contribution is 9.10. The largest absolute Gasteiger partial charge is 0.299 e. The molecule has 1 nitrogen and oxygen atoms in total. The van der Waals surface area contributed by atoms with Gasteiger partial charge in [0.2, 0.25) is 0 Å². The summed E-state index contributed by atoms with van der Waals surface area (Å²) in [5, 5.41) is 0. The Morgan fingerprint density at radius 2 is 2.08 bits per heavy atom. The van der Waals surface area contributed by atoms with Crippen molar-refractivity contribution >= 4 is 21.7 Å². The van der Waals surface area contributed by atoms with Gasteiger partial charge in [0.05, 0.1) is 0 Å². The molecule has 62 valence electrons. The maximum Gasteiger partial charge on any atom is 0.140 e. The number of hydrogen-bond acceptors (Lipinski definition) is 1. The lowest BCUT2D eigenvalue weighted by atomic mass is 9.79. The fourth-order valence-corrected chi connectivity index (χ4v) is 2.05. The molecule has 1 aliphatic rings. The maximum absolute atomic E-state index is 11.2. The number of carbonyl (C=O) groups is 1. The Labute approximate surface area is 79.9 Å². The van der Waals surface area contributed by atoms with E-state index in [4.69, 9.17) is 0 Å². The van der Waals surface area contributed by atoms with E-state index in [-0.39, 0.29) is 5.92 Å². The van der Waals surface area contributed by atoms with Crippen molar-refractivity contribution in [2.75, 3.05) is 0 Å². The van der Waals surface area contributed by atoms with E-state index < -0.39 is 0 Å². The van der Waals surface area contributed by atoms with E-state index in [2.05, 4.69) is 15.9 Å². The first kappa shape index (κ1) is 7.99. The van der Waals surface area contributed by atoms with Gasteiger partial charge in [0, 0.05) is 16.8 Å². The van der Waals surface area contributed by atoms with Crippen molar-refractivity contribution in [2.45, 2.75) is 18.8 Å². The van der Waals surface area contributed by atoms with Gasteiger partial charge in [-0.1, -0.05) is 34.1 Å². The molecule has 0 saturated heterocycles. The van der Waals surface area contributed by atoms with Gasteiger partial charge >= 0.3 is 0 Å². The molecule has 0 spiro atoms. The smallest absolute Gasteiger partial charge is 0.140 e. The first-order chi connectivity index (χ1) is 5.79. The first-order valence-electron chi connectivity index (χ1n) is 4.06. The molecule has 0 bridgehead atoms. The van der Waals surface area contributed by atoms with E-state index in [1.165, 1.54) is 0 Å². The van der Waals surface area contributed by atoms with Crippen molar-refractivity contribution < 1.29 is 4.79 Å². The molecule has 0 amide bonds. The summed E-state index contributed by atoms with van der Waals surface area (Å²) in [6.07, 6.45) is 1.77. The van der Waals surface area contributed by atoms with Crippen LogP contribution in [0.15, 0.2) is 28.7 Å². The van der Waals surface area contributed by atoms with Gasteiger partial charge in [-0.05, 0) is 18.1 Å². The molecule has 1 saturated carbocycles. The Kier molecular flexibility index (Phi) is 2.01. The lowest BCUT2D eigenvalue weighted by Crippen LogP contribution is -2.23. The van der Waals surface area contributed by atoms with Crippen LogP contribution in [0.5, 0.6) is 0 Å². The Bertz CT molecular complexity index is 319. The topological polar surface area (TPSA) is 17.1 Å². The van der Waals surface area contributed by atoms with E-state index in [0.717, 1.165) is 22.9 Å². The molecule has 12 heavy (non-hydrogen) atoms. The Hall–Kier alpha value is -0.630. The highest BCUT2D eigenvalue weighted by Gasteiger charge is 2.30. The summed E-state index contributed by atoms with van der Waals surface area (Å²) in [5.41, 5.74) is 1.15. The molecule has 1 fully saturated rings. The minimum absolute atomic E-state index is 0.167. The molecular formula is C10H9BrO. The van der Waals surface area contributed by atoms with Crippen LogP contribution in [0, 0.1) is 0 Å².